The SMILES string of the molecule is Cc1ccccc1N(C)c1ccc(CO)cc1C(F)(F)F. The Morgan fingerprint density at radius 1 is 1.05 bits per heavy atom. The standard InChI is InChI=1S/C16H16F3NO/c1-11-5-3-4-6-14(11)20(2)15-8-7-12(10-21)9-13(15)16(17,18)19/h3-9,21H,10H2,1-2H3. The van der Waals surface area contributed by atoms with Crippen LogP contribution in [0.3, 0.4) is 0 Å². The van der Waals surface area contributed by atoms with E-state index in [1.54, 1.807) is 19.2 Å². The summed E-state index contributed by atoms with van der Waals surface area (Å²) in [5.74, 6) is 0. The number of nitrogens with zero attached hydrogens (tertiary/aromatic N) is 1. The van der Waals surface area contributed by atoms with E-state index in [-0.39, 0.29) is 11.3 Å². The fraction of sp³-hybridized carbons (Fsp3) is 0.250. The van der Waals surface area contributed by atoms with Crippen molar-refractivity contribution in [3.63, 3.8) is 0 Å². The van der Waals surface area contributed by atoms with Gasteiger partial charge in [-0.2, -0.15) is 13.2 Å². The van der Waals surface area contributed by atoms with Crippen LogP contribution in [0, 0.1) is 6.92 Å². The molecule has 2 nitrogen and oxygen atoms in total. The van der Waals surface area contributed by atoms with Gasteiger partial charge in [0.2, 0.25) is 0 Å². The Kier molecular flexibility index (Phi) is 4.23. The summed E-state index contributed by atoms with van der Waals surface area (Å²) in [7, 11) is 1.60. The summed E-state index contributed by atoms with van der Waals surface area (Å²) in [5, 5.41) is 9.04. The molecule has 0 unspecified atom stereocenters. The average Bonchev–Trinajstić information content (AvgIpc) is 2.45. The van der Waals surface area contributed by atoms with Gasteiger partial charge in [-0.05, 0) is 36.2 Å². The van der Waals surface area contributed by atoms with Crippen molar-refractivity contribution in [3.8, 4) is 0 Å². The Labute approximate surface area is 121 Å². The molecule has 0 bridgehead atoms. The lowest BCUT2D eigenvalue weighted by Gasteiger charge is -2.25. The molecule has 0 saturated carbocycles. The van der Waals surface area contributed by atoms with Gasteiger partial charge in [-0.25, -0.2) is 0 Å². The van der Waals surface area contributed by atoms with E-state index >= 15 is 0 Å². The van der Waals surface area contributed by atoms with Gasteiger partial charge in [-0.1, -0.05) is 24.3 Å². The van der Waals surface area contributed by atoms with E-state index in [0.29, 0.717) is 5.69 Å². The van der Waals surface area contributed by atoms with Crippen LogP contribution in [0.25, 0.3) is 0 Å². The van der Waals surface area contributed by atoms with E-state index < -0.39 is 18.3 Å². The predicted molar refractivity (Wildman–Crippen MR) is 76.6 cm³/mol. The van der Waals surface area contributed by atoms with Crippen molar-refractivity contribution in [2.75, 3.05) is 11.9 Å². The van der Waals surface area contributed by atoms with Crippen molar-refractivity contribution in [1.82, 2.24) is 0 Å². The van der Waals surface area contributed by atoms with Crippen LogP contribution >= 0.6 is 0 Å². The van der Waals surface area contributed by atoms with Gasteiger partial charge in [0, 0.05) is 12.7 Å². The van der Waals surface area contributed by atoms with Crippen LogP contribution in [-0.2, 0) is 12.8 Å². The monoisotopic (exact) mass is 295 g/mol. The highest BCUT2D eigenvalue weighted by molar-refractivity contribution is 5.69. The Morgan fingerprint density at radius 3 is 2.29 bits per heavy atom. The van der Waals surface area contributed by atoms with Crippen LogP contribution in [-0.4, -0.2) is 12.2 Å². The fourth-order valence-corrected chi connectivity index (χ4v) is 2.27. The lowest BCUT2D eigenvalue weighted by Crippen LogP contribution is -2.17. The Bertz CT molecular complexity index is 638. The minimum Gasteiger partial charge on any atom is -0.392 e. The maximum absolute atomic E-state index is 13.2. The van der Waals surface area contributed by atoms with Crippen molar-refractivity contribution in [1.29, 1.82) is 0 Å². The third-order valence-electron chi connectivity index (χ3n) is 3.39. The number of halogens is 3. The number of benzene rings is 2. The van der Waals surface area contributed by atoms with Gasteiger partial charge in [-0.3, -0.25) is 0 Å². The lowest BCUT2D eigenvalue weighted by atomic mass is 10.1. The first kappa shape index (κ1) is 15.4. The minimum atomic E-state index is -4.47. The second kappa shape index (κ2) is 5.77. The van der Waals surface area contributed by atoms with Gasteiger partial charge in [0.05, 0.1) is 17.9 Å². The van der Waals surface area contributed by atoms with E-state index in [9.17, 15) is 13.2 Å². The molecule has 0 amide bonds. The highest BCUT2D eigenvalue weighted by Gasteiger charge is 2.35. The largest absolute Gasteiger partial charge is 0.418 e. The first-order valence-corrected chi connectivity index (χ1v) is 6.45. The molecule has 0 fully saturated rings. The zero-order valence-corrected chi connectivity index (χ0v) is 11.8. The summed E-state index contributed by atoms with van der Waals surface area (Å²) in [6.45, 7) is 1.43. The number of aliphatic hydroxyl groups is 1. The number of para-hydroxylation sites is 1. The highest BCUT2D eigenvalue weighted by Crippen LogP contribution is 2.39. The summed E-state index contributed by atoms with van der Waals surface area (Å²) in [6, 6.07) is 11.1. The Balaban J connectivity index is 2.56. The summed E-state index contributed by atoms with van der Waals surface area (Å²) in [4.78, 5) is 1.51. The maximum Gasteiger partial charge on any atom is 0.418 e. The van der Waals surface area contributed by atoms with Crippen LogP contribution in [0.15, 0.2) is 42.5 Å². The summed E-state index contributed by atoms with van der Waals surface area (Å²) in [6.07, 6.45) is -4.47. The van der Waals surface area contributed by atoms with Gasteiger partial charge in [0.25, 0.3) is 0 Å². The molecular weight excluding hydrogens is 279 g/mol. The number of aliphatic hydroxyl groups excluding tert-OH is 1. The third kappa shape index (κ3) is 3.19. The van der Waals surface area contributed by atoms with Gasteiger partial charge < -0.3 is 10.0 Å². The third-order valence-corrected chi connectivity index (χ3v) is 3.39. The van der Waals surface area contributed by atoms with Crippen molar-refractivity contribution in [3.05, 3.63) is 59.2 Å². The predicted octanol–water partition coefficient (Wildman–Crippen LogP) is 4.27. The smallest absolute Gasteiger partial charge is 0.392 e. The first-order chi connectivity index (χ1) is 9.84. The van der Waals surface area contributed by atoms with E-state index in [0.717, 1.165) is 11.6 Å². The molecule has 0 atom stereocenters. The molecule has 0 aliphatic rings. The number of rotatable bonds is 3. The second-order valence-corrected chi connectivity index (χ2v) is 4.85. The topological polar surface area (TPSA) is 23.5 Å². The quantitative estimate of drug-likeness (QED) is 0.914. The molecule has 0 aromatic heterocycles. The summed E-state index contributed by atoms with van der Waals surface area (Å²) < 4.78 is 39.7. The Morgan fingerprint density at radius 2 is 1.71 bits per heavy atom. The van der Waals surface area contributed by atoms with Crippen molar-refractivity contribution < 1.29 is 18.3 Å². The van der Waals surface area contributed by atoms with Crippen LogP contribution in [0.4, 0.5) is 24.5 Å². The molecule has 2 aromatic rings. The highest BCUT2D eigenvalue weighted by atomic mass is 19.4. The Hall–Kier alpha value is -2.01. The van der Waals surface area contributed by atoms with Crippen LogP contribution in [0.1, 0.15) is 16.7 Å². The lowest BCUT2D eigenvalue weighted by molar-refractivity contribution is -0.137. The maximum atomic E-state index is 13.2. The molecule has 2 rings (SSSR count). The van der Waals surface area contributed by atoms with Crippen molar-refractivity contribution in [2.45, 2.75) is 19.7 Å². The molecule has 2 aromatic carbocycles. The summed E-state index contributed by atoms with van der Waals surface area (Å²) >= 11 is 0. The molecule has 0 radical (unpaired) electrons. The van der Waals surface area contributed by atoms with E-state index in [1.807, 2.05) is 19.1 Å². The molecule has 0 aliphatic heterocycles. The van der Waals surface area contributed by atoms with Crippen molar-refractivity contribution >= 4 is 11.4 Å². The molecule has 112 valence electrons. The van der Waals surface area contributed by atoms with Crippen LogP contribution in [0.2, 0.25) is 0 Å². The van der Waals surface area contributed by atoms with E-state index in [1.165, 1.54) is 17.0 Å². The fourth-order valence-electron chi connectivity index (χ4n) is 2.27. The molecule has 1 N–H and O–H groups in total. The van der Waals surface area contributed by atoms with Crippen LogP contribution < -0.4 is 4.90 Å². The molecule has 5 heteroatoms. The number of hydrogen-bond acceptors (Lipinski definition) is 2. The zero-order chi connectivity index (χ0) is 15.6. The van der Waals surface area contributed by atoms with E-state index in [2.05, 4.69) is 0 Å². The van der Waals surface area contributed by atoms with Crippen LogP contribution in [0.5, 0.6) is 0 Å². The van der Waals surface area contributed by atoms with Gasteiger partial charge >= 0.3 is 6.18 Å². The zero-order valence-electron chi connectivity index (χ0n) is 11.8. The number of alkyl halides is 3. The molecule has 0 heterocycles. The van der Waals surface area contributed by atoms with Gasteiger partial charge in [0.15, 0.2) is 0 Å². The summed E-state index contributed by atoms with van der Waals surface area (Å²) in [5.41, 5.74) is 1.15. The van der Waals surface area contributed by atoms with Gasteiger partial charge in [-0.15, -0.1) is 0 Å². The second-order valence-electron chi connectivity index (χ2n) is 4.85. The van der Waals surface area contributed by atoms with Gasteiger partial charge in [0.1, 0.15) is 0 Å². The molecular formula is C16H16F3NO. The van der Waals surface area contributed by atoms with E-state index in [4.69, 9.17) is 5.11 Å². The first-order valence-electron chi connectivity index (χ1n) is 6.45. The average molecular weight is 295 g/mol. The minimum absolute atomic E-state index is 0.0639. The van der Waals surface area contributed by atoms with Crippen molar-refractivity contribution in [2.24, 2.45) is 0 Å². The normalized spacial score (nSPS) is 11.5. The molecule has 0 spiro atoms. The number of anilines is 2. The number of hydrogen-bond donors (Lipinski definition) is 1. The number of aryl methyl sites for hydroxylation is 1. The molecule has 0 saturated heterocycles. The molecule has 0 aliphatic carbocycles. The molecule has 21 heavy (non-hydrogen) atoms.